The Bertz CT molecular complexity index is 470. The highest BCUT2D eigenvalue weighted by Gasteiger charge is 2.09. The summed E-state index contributed by atoms with van der Waals surface area (Å²) in [5.74, 6) is -0.00424. The first-order chi connectivity index (χ1) is 7.79. The molecule has 2 aromatic rings. The van der Waals surface area contributed by atoms with Crippen LogP contribution in [0, 0.1) is 0 Å². The Balaban J connectivity index is 0.00000144. The Morgan fingerprint density at radius 1 is 1.44 bits per heavy atom. The molecule has 6 nitrogen and oxygen atoms in total. The maximum Gasteiger partial charge on any atom is 0.277 e. The molecule has 84 valence electrons. The minimum atomic E-state index is -0.357. The molecule has 0 aromatic carbocycles. The normalized spacial score (nSPS) is 10.1. The van der Waals surface area contributed by atoms with Crippen molar-refractivity contribution in [1.29, 1.82) is 0 Å². The van der Waals surface area contributed by atoms with Crippen molar-refractivity contribution in [1.82, 2.24) is 15.4 Å². The van der Waals surface area contributed by atoms with Crippen molar-refractivity contribution in [3.8, 4) is 0 Å². The molecule has 6 heteroatoms. The van der Waals surface area contributed by atoms with E-state index < -0.39 is 0 Å². The van der Waals surface area contributed by atoms with Gasteiger partial charge in [0.15, 0.2) is 11.5 Å². The third kappa shape index (κ3) is 2.22. The van der Waals surface area contributed by atoms with Gasteiger partial charge in [-0.1, -0.05) is 12.1 Å². The van der Waals surface area contributed by atoms with E-state index in [-0.39, 0.29) is 13.0 Å². The van der Waals surface area contributed by atoms with Crippen LogP contribution in [0.3, 0.4) is 0 Å². The second kappa shape index (κ2) is 4.52. The second-order valence-electron chi connectivity index (χ2n) is 3.10. The molecule has 2 heterocycles. The Kier molecular flexibility index (Phi) is 2.90. The average Bonchev–Trinajstić information content (AvgIpc) is 2.82. The molecular weight excluding hydrogens is 208 g/mol. The fraction of sp³-hybridized carbons (Fsp3) is 0.200. The van der Waals surface area contributed by atoms with Gasteiger partial charge < -0.3 is 9.84 Å². The van der Waals surface area contributed by atoms with Gasteiger partial charge in [0.2, 0.25) is 0 Å². The zero-order valence-electron chi connectivity index (χ0n) is 8.67. The number of aryl methyl sites for hydroxylation is 1. The fourth-order valence-electron chi connectivity index (χ4n) is 1.13. The van der Waals surface area contributed by atoms with E-state index in [1.54, 1.807) is 18.2 Å². The Hall–Kier alpha value is -2.24. The molecule has 2 rings (SSSR count). The van der Waals surface area contributed by atoms with Crippen LogP contribution in [-0.2, 0) is 6.42 Å². The Morgan fingerprint density at radius 3 is 2.88 bits per heavy atom. The fourth-order valence-corrected chi connectivity index (χ4v) is 1.13. The molecule has 0 unspecified atom stereocenters. The predicted octanol–water partition coefficient (Wildman–Crippen LogP) is 1.53. The van der Waals surface area contributed by atoms with Gasteiger partial charge in [0.1, 0.15) is 6.26 Å². The minimum Gasteiger partial charge on any atom is -0.363 e. The zero-order chi connectivity index (χ0) is 11.4. The summed E-state index contributed by atoms with van der Waals surface area (Å²) in [5, 5.41) is 13.8. The molecule has 0 saturated carbocycles. The lowest BCUT2D eigenvalue weighted by molar-refractivity contribution is 0.102. The molecule has 0 radical (unpaired) electrons. The predicted molar refractivity (Wildman–Crippen MR) is 58.0 cm³/mol. The molecular formula is C10H12N4O2. The second-order valence-corrected chi connectivity index (χ2v) is 3.10. The van der Waals surface area contributed by atoms with Crippen LogP contribution in [0.15, 0.2) is 29.0 Å². The van der Waals surface area contributed by atoms with Gasteiger partial charge >= 0.3 is 0 Å². The van der Waals surface area contributed by atoms with E-state index in [0.29, 0.717) is 5.82 Å². The summed E-state index contributed by atoms with van der Waals surface area (Å²) in [6.07, 6.45) is 2.17. The van der Waals surface area contributed by atoms with Crippen molar-refractivity contribution in [3.05, 3.63) is 35.9 Å². The Labute approximate surface area is 93.2 Å². The van der Waals surface area contributed by atoms with E-state index >= 15 is 0 Å². The van der Waals surface area contributed by atoms with Crippen LogP contribution in [0.25, 0.3) is 0 Å². The standard InChI is InChI=1S/C10H10N4O2.H2/c1-2-7-3-4-8(13-12-7)10(15)11-9-5-6-16-14-9;/h3-6H,2H2,1H3,(H,11,14,15);1H. The van der Waals surface area contributed by atoms with Crippen molar-refractivity contribution in [2.75, 3.05) is 5.32 Å². The van der Waals surface area contributed by atoms with E-state index in [1.807, 2.05) is 6.92 Å². The van der Waals surface area contributed by atoms with Crippen LogP contribution >= 0.6 is 0 Å². The van der Waals surface area contributed by atoms with Crippen molar-refractivity contribution >= 4 is 11.7 Å². The number of anilines is 1. The number of amides is 1. The average molecular weight is 220 g/mol. The minimum absolute atomic E-state index is 0. The van der Waals surface area contributed by atoms with Crippen LogP contribution in [0.1, 0.15) is 24.5 Å². The molecule has 16 heavy (non-hydrogen) atoms. The first kappa shape index (κ1) is 10.3. The first-order valence-electron chi connectivity index (χ1n) is 4.84. The molecule has 0 fully saturated rings. The molecule has 0 atom stereocenters. The summed E-state index contributed by atoms with van der Waals surface area (Å²) in [5.41, 5.74) is 1.10. The van der Waals surface area contributed by atoms with Gasteiger partial charge in [-0.3, -0.25) is 4.79 Å². The zero-order valence-corrected chi connectivity index (χ0v) is 8.67. The van der Waals surface area contributed by atoms with Crippen LogP contribution in [-0.4, -0.2) is 21.3 Å². The van der Waals surface area contributed by atoms with Crippen molar-refractivity contribution < 1.29 is 10.7 Å². The van der Waals surface area contributed by atoms with Gasteiger partial charge in [0.05, 0.1) is 5.69 Å². The maximum atomic E-state index is 11.6. The first-order valence-corrected chi connectivity index (χ1v) is 4.84. The number of nitrogens with one attached hydrogen (secondary N) is 1. The topological polar surface area (TPSA) is 80.9 Å². The number of carbonyl (C=O) groups excluding carboxylic acids is 1. The monoisotopic (exact) mass is 220 g/mol. The van der Waals surface area contributed by atoms with E-state index in [2.05, 4.69) is 25.2 Å². The number of aromatic nitrogens is 3. The lowest BCUT2D eigenvalue weighted by Gasteiger charge is -2.00. The number of rotatable bonds is 3. The van der Waals surface area contributed by atoms with Crippen LogP contribution in [0.5, 0.6) is 0 Å². The molecule has 0 aliphatic rings. The maximum absolute atomic E-state index is 11.6. The summed E-state index contributed by atoms with van der Waals surface area (Å²) in [6.45, 7) is 1.97. The SMILES string of the molecule is CCc1ccc(C(=O)Nc2ccon2)nn1.[HH]. The van der Waals surface area contributed by atoms with Gasteiger partial charge in [0.25, 0.3) is 5.91 Å². The van der Waals surface area contributed by atoms with Crippen molar-refractivity contribution in [2.24, 2.45) is 0 Å². The van der Waals surface area contributed by atoms with E-state index in [1.165, 1.54) is 6.26 Å². The molecule has 1 N–H and O–H groups in total. The van der Waals surface area contributed by atoms with Gasteiger partial charge in [-0.25, -0.2) is 0 Å². The lowest BCUT2D eigenvalue weighted by atomic mass is 10.3. The van der Waals surface area contributed by atoms with Gasteiger partial charge in [0, 0.05) is 7.49 Å². The molecule has 2 aromatic heterocycles. The van der Waals surface area contributed by atoms with Gasteiger partial charge in [-0.05, 0) is 18.6 Å². The third-order valence-corrected chi connectivity index (χ3v) is 1.99. The van der Waals surface area contributed by atoms with Crippen molar-refractivity contribution in [3.63, 3.8) is 0 Å². The van der Waals surface area contributed by atoms with Crippen molar-refractivity contribution in [2.45, 2.75) is 13.3 Å². The third-order valence-electron chi connectivity index (χ3n) is 1.99. The highest BCUT2D eigenvalue weighted by molar-refractivity contribution is 6.02. The van der Waals surface area contributed by atoms with Crippen LogP contribution in [0.4, 0.5) is 5.82 Å². The van der Waals surface area contributed by atoms with Gasteiger partial charge in [-0.2, -0.15) is 5.10 Å². The molecule has 0 aliphatic heterocycles. The summed E-state index contributed by atoms with van der Waals surface area (Å²) in [7, 11) is 0. The van der Waals surface area contributed by atoms with Crippen LogP contribution in [0.2, 0.25) is 0 Å². The number of hydrogen-bond acceptors (Lipinski definition) is 5. The van der Waals surface area contributed by atoms with E-state index in [0.717, 1.165) is 12.1 Å². The summed E-state index contributed by atoms with van der Waals surface area (Å²) < 4.78 is 4.59. The molecule has 0 aliphatic carbocycles. The van der Waals surface area contributed by atoms with Gasteiger partial charge in [-0.15, -0.1) is 5.10 Å². The highest BCUT2D eigenvalue weighted by Crippen LogP contribution is 2.04. The lowest BCUT2D eigenvalue weighted by Crippen LogP contribution is -2.14. The Morgan fingerprint density at radius 2 is 2.31 bits per heavy atom. The number of nitrogens with zero attached hydrogens (tertiary/aromatic N) is 3. The molecule has 0 saturated heterocycles. The highest BCUT2D eigenvalue weighted by atomic mass is 16.5. The molecule has 0 spiro atoms. The quantitative estimate of drug-likeness (QED) is 0.848. The number of hydrogen-bond donors (Lipinski definition) is 1. The van der Waals surface area contributed by atoms with Crippen LogP contribution < -0.4 is 5.32 Å². The van der Waals surface area contributed by atoms with E-state index in [4.69, 9.17) is 0 Å². The van der Waals surface area contributed by atoms with E-state index in [9.17, 15) is 4.79 Å². The summed E-state index contributed by atoms with van der Waals surface area (Å²) in [4.78, 5) is 11.6. The largest absolute Gasteiger partial charge is 0.363 e. The number of carbonyl (C=O) groups is 1. The summed E-state index contributed by atoms with van der Waals surface area (Å²) in [6, 6.07) is 4.94. The smallest absolute Gasteiger partial charge is 0.277 e. The molecule has 0 bridgehead atoms. The molecule has 1 amide bonds. The summed E-state index contributed by atoms with van der Waals surface area (Å²) >= 11 is 0.